The number of hydrogen-bond donors (Lipinski definition) is 4. The van der Waals surface area contributed by atoms with Crippen molar-refractivity contribution in [3.8, 4) is 11.5 Å². The lowest BCUT2D eigenvalue weighted by Crippen LogP contribution is -2.33. The monoisotopic (exact) mass is 1030 g/mol. The van der Waals surface area contributed by atoms with Gasteiger partial charge < -0.3 is 33.7 Å². The van der Waals surface area contributed by atoms with Gasteiger partial charge in [0, 0.05) is 40.4 Å². The van der Waals surface area contributed by atoms with E-state index in [1.54, 1.807) is 77.7 Å². The Morgan fingerprint density at radius 1 is 0.566 bits per heavy atom. The predicted octanol–water partition coefficient (Wildman–Crippen LogP) is 10.8. The Morgan fingerprint density at radius 3 is 1.55 bits per heavy atom. The fourth-order valence-corrected chi connectivity index (χ4v) is 6.56. The zero-order chi connectivity index (χ0) is 54.1. The van der Waals surface area contributed by atoms with Crippen LogP contribution in [0.3, 0.4) is 0 Å². The number of nitrogens with zero attached hydrogens (tertiary/aromatic N) is 9. The quantitative estimate of drug-likeness (QED) is 0.00832. The van der Waals surface area contributed by atoms with Crippen LogP contribution in [0.4, 0.5) is 82.6 Å². The number of benzene rings is 6. The van der Waals surface area contributed by atoms with Crippen LogP contribution in [-0.4, -0.2) is 93.2 Å². The van der Waals surface area contributed by atoms with E-state index in [1.165, 1.54) is 73.9 Å². The number of non-ortho nitro benzene ring substituents is 1. The van der Waals surface area contributed by atoms with Crippen molar-refractivity contribution in [1.29, 1.82) is 0 Å². The van der Waals surface area contributed by atoms with Gasteiger partial charge in [0.05, 0.1) is 66.2 Å². The molecule has 0 aliphatic carbocycles. The van der Waals surface area contributed by atoms with Gasteiger partial charge in [0.15, 0.2) is 5.75 Å². The molecule has 3 amide bonds. The number of anilines is 4. The zero-order valence-electron chi connectivity index (χ0n) is 39.9. The summed E-state index contributed by atoms with van der Waals surface area (Å²) in [5.41, 5.74) is 3.15. The molecule has 0 bridgehead atoms. The zero-order valence-corrected chi connectivity index (χ0v) is 39.9. The Labute approximate surface area is 430 Å². The molecule has 0 unspecified atom stereocenters. The first kappa shape index (κ1) is 54.6. The Kier molecular flexibility index (Phi) is 20.3. The minimum atomic E-state index is -0.848. The maximum Gasteiger partial charge on any atom is 0.411 e. The molecule has 0 fully saturated rings. The number of carbonyl (C=O) groups excluding carboxylic acids is 6. The van der Waals surface area contributed by atoms with E-state index in [-0.39, 0.29) is 96.4 Å². The number of nitrogens with one attached hydrogen (secondary N) is 3. The first-order valence-electron chi connectivity index (χ1n) is 22.2. The molecule has 26 nitrogen and oxygen atoms in total. The van der Waals surface area contributed by atoms with Crippen LogP contribution in [-0.2, 0) is 35.2 Å². The normalized spacial score (nSPS) is 10.5. The molecule has 0 heterocycles. The molecule has 0 radical (unpaired) electrons. The maximum atomic E-state index is 12.7. The van der Waals surface area contributed by atoms with Crippen molar-refractivity contribution < 1.29 is 62.5 Å². The van der Waals surface area contributed by atoms with E-state index in [2.05, 4.69) is 51.4 Å². The summed E-state index contributed by atoms with van der Waals surface area (Å²) in [5, 5.41) is 46.7. The van der Waals surface area contributed by atoms with Crippen molar-refractivity contribution in [2.24, 2.45) is 35.4 Å². The van der Waals surface area contributed by atoms with Crippen molar-refractivity contribution in [2.75, 3.05) is 67.5 Å². The third kappa shape index (κ3) is 16.9. The van der Waals surface area contributed by atoms with Crippen LogP contribution < -0.4 is 30.3 Å². The highest BCUT2D eigenvalue weighted by molar-refractivity contribution is 5.86. The van der Waals surface area contributed by atoms with Gasteiger partial charge >= 0.3 is 18.3 Å². The van der Waals surface area contributed by atoms with Gasteiger partial charge in [0.2, 0.25) is 18.2 Å². The standard InChI is InChI=1S/C50H42N12O14/c1-72-46-28-44(59-58-43-16-15-42(62(70)71)27-47(43)73-21-22-76-50(69)56-40-10-4-7-37(26-40)53-32-66)33(29-63)23-45(46)60-57-34-11-13-41(14-12-34)61(17-19-74-48(67)54-38-8-2-5-35(24-38)51-30-64)18-20-75-49(68)55-39-9-3-6-36(25-39)52-31-65/h2-16,23-28,63H,17-22,29H2,1H3,(H,54,67)(H,55,68)(H,56,69)/b59-58+,60-57+. The summed E-state index contributed by atoms with van der Waals surface area (Å²) in [7, 11) is 1.38. The van der Waals surface area contributed by atoms with Gasteiger partial charge in [-0.2, -0.15) is 20.1 Å². The highest BCUT2D eigenvalue weighted by atomic mass is 16.6. The number of aliphatic imine (C=N–C) groups is 3. The molecule has 76 heavy (non-hydrogen) atoms. The minimum absolute atomic E-state index is 0.0582. The SMILES string of the molecule is COc1cc(/N=N/c2ccc([N+](=O)[O-])cc2OCCOC(=O)Nc2cccc(N=C=O)c2)c(CO)cc1/N=N/c1ccc(N(CCOC(=O)Nc2cccc(N=C=O)c2)CCOC(=O)Nc2cccc(N=C=O)c2)cc1. The molecule has 4 N–H and O–H groups in total. The molecule has 0 aromatic heterocycles. The van der Waals surface area contributed by atoms with Gasteiger partial charge in [0.1, 0.15) is 43.6 Å². The van der Waals surface area contributed by atoms with Crippen molar-refractivity contribution >= 4 is 105 Å². The number of azo groups is 2. The molecule has 6 rings (SSSR count). The third-order valence-corrected chi connectivity index (χ3v) is 10.0. The first-order valence-corrected chi connectivity index (χ1v) is 22.2. The number of ether oxygens (including phenoxy) is 5. The Balaban J connectivity index is 1.11. The fraction of sp³-hybridized carbons (Fsp3) is 0.160. The molecule has 6 aromatic carbocycles. The molecule has 6 aromatic rings. The summed E-state index contributed by atoms with van der Waals surface area (Å²) in [4.78, 5) is 92.9. The van der Waals surface area contributed by atoms with Crippen LogP contribution in [0.1, 0.15) is 5.56 Å². The topological polar surface area (TPSA) is 338 Å². The molecule has 26 heteroatoms. The summed E-state index contributed by atoms with van der Waals surface area (Å²) in [6, 6.07) is 31.7. The van der Waals surface area contributed by atoms with Gasteiger partial charge in [0.25, 0.3) is 5.69 Å². The second-order valence-electron chi connectivity index (χ2n) is 15.0. The lowest BCUT2D eigenvalue weighted by Gasteiger charge is -2.24. The maximum absolute atomic E-state index is 12.7. The fourth-order valence-electron chi connectivity index (χ4n) is 6.56. The summed E-state index contributed by atoms with van der Waals surface area (Å²) < 4.78 is 27.2. The Hall–Kier alpha value is -10.8. The van der Waals surface area contributed by atoms with Gasteiger partial charge in [-0.15, -0.1) is 15.3 Å². The highest BCUT2D eigenvalue weighted by Crippen LogP contribution is 2.39. The van der Waals surface area contributed by atoms with Crippen LogP contribution in [0, 0.1) is 10.1 Å². The van der Waals surface area contributed by atoms with Gasteiger partial charge in [-0.3, -0.25) is 26.1 Å². The van der Waals surface area contributed by atoms with Crippen LogP contribution >= 0.6 is 0 Å². The van der Waals surface area contributed by atoms with E-state index in [9.17, 15) is 44.0 Å². The van der Waals surface area contributed by atoms with E-state index in [4.69, 9.17) is 23.7 Å². The average molecular weight is 1030 g/mol. The number of aliphatic hydroxyl groups is 1. The summed E-state index contributed by atoms with van der Waals surface area (Å²) in [6.45, 7) is -0.998. The molecule has 0 aliphatic heterocycles. The molecule has 0 saturated carbocycles. The van der Waals surface area contributed by atoms with Crippen LogP contribution in [0.5, 0.6) is 11.5 Å². The van der Waals surface area contributed by atoms with E-state index in [0.717, 1.165) is 6.07 Å². The number of amides is 3. The molecular formula is C50H42N12O14. The number of nitro benzene ring substituents is 1. The lowest BCUT2D eigenvalue weighted by atomic mass is 10.1. The lowest BCUT2D eigenvalue weighted by molar-refractivity contribution is -0.384. The van der Waals surface area contributed by atoms with Gasteiger partial charge in [-0.05, 0) is 91.0 Å². The highest BCUT2D eigenvalue weighted by Gasteiger charge is 2.16. The van der Waals surface area contributed by atoms with Gasteiger partial charge in [-0.25, -0.2) is 28.8 Å². The van der Waals surface area contributed by atoms with Crippen molar-refractivity contribution in [3.05, 3.63) is 143 Å². The molecule has 0 spiro atoms. The Bertz CT molecular complexity index is 3180. The summed E-state index contributed by atoms with van der Waals surface area (Å²) in [5.74, 6) is 0.123. The third-order valence-electron chi connectivity index (χ3n) is 10.0. The van der Waals surface area contributed by atoms with E-state index >= 15 is 0 Å². The molecule has 0 saturated heterocycles. The molecule has 0 aliphatic rings. The average Bonchev–Trinajstić information content (AvgIpc) is 3.41. The van der Waals surface area contributed by atoms with Crippen LogP contribution in [0.15, 0.2) is 163 Å². The van der Waals surface area contributed by atoms with E-state index < -0.39 is 29.8 Å². The smallest absolute Gasteiger partial charge is 0.411 e. The summed E-state index contributed by atoms with van der Waals surface area (Å²) in [6.07, 6.45) is 1.87. The number of nitro groups is 1. The summed E-state index contributed by atoms with van der Waals surface area (Å²) >= 11 is 0. The molecular weight excluding hydrogens is 993 g/mol. The van der Waals surface area contributed by atoms with Crippen molar-refractivity contribution in [2.45, 2.75) is 6.61 Å². The number of carbonyl (C=O) groups is 3. The number of aliphatic hydroxyl groups excluding tert-OH is 1. The molecule has 386 valence electrons. The molecule has 0 atom stereocenters. The number of rotatable bonds is 24. The van der Waals surface area contributed by atoms with Gasteiger partial charge in [-0.1, -0.05) is 18.2 Å². The van der Waals surface area contributed by atoms with Crippen molar-refractivity contribution in [3.63, 3.8) is 0 Å². The Morgan fingerprint density at radius 2 is 1.07 bits per heavy atom. The second kappa shape index (κ2) is 28.3. The minimum Gasteiger partial charge on any atom is -0.494 e. The van der Waals surface area contributed by atoms with Crippen LogP contribution in [0.25, 0.3) is 0 Å². The van der Waals surface area contributed by atoms with E-state index in [0.29, 0.717) is 28.4 Å². The number of methoxy groups -OCH3 is 1. The number of hydrogen-bond acceptors (Lipinski definition) is 22. The van der Waals surface area contributed by atoms with E-state index in [1.807, 2.05) is 0 Å². The van der Waals surface area contributed by atoms with Crippen LogP contribution in [0.2, 0.25) is 0 Å². The first-order chi connectivity index (χ1) is 37.0. The van der Waals surface area contributed by atoms with Crippen molar-refractivity contribution in [1.82, 2.24) is 0 Å². The second-order valence-corrected chi connectivity index (χ2v) is 15.0. The predicted molar refractivity (Wildman–Crippen MR) is 272 cm³/mol. The number of isocyanates is 3. The largest absolute Gasteiger partial charge is 0.494 e.